The van der Waals surface area contributed by atoms with Gasteiger partial charge in [0, 0.05) is 5.92 Å². The molecule has 0 unspecified atom stereocenters. The molecule has 24 heavy (non-hydrogen) atoms. The number of hydrogen-bond donors (Lipinski definition) is 0. The minimum absolute atomic E-state index is 0.216. The first-order valence-corrected chi connectivity index (χ1v) is 8.45. The average Bonchev–Trinajstić information content (AvgIpc) is 3.29. The van der Waals surface area contributed by atoms with Crippen LogP contribution in [-0.4, -0.2) is 39.0 Å². The van der Waals surface area contributed by atoms with Crippen molar-refractivity contribution < 1.29 is 4.74 Å². The van der Waals surface area contributed by atoms with E-state index in [4.69, 9.17) is 4.74 Å². The molecular formula is C18H19N5O. The SMILES string of the molecule is Cc1ccc(OC2CN(c3cc(C4CC4)nn4cnnc34)C2)cc1. The number of rotatable bonds is 4. The lowest BCUT2D eigenvalue weighted by Gasteiger charge is -2.40. The van der Waals surface area contributed by atoms with Gasteiger partial charge < -0.3 is 9.64 Å². The molecule has 0 N–H and O–H groups in total. The van der Waals surface area contributed by atoms with Crippen molar-refractivity contribution in [2.45, 2.75) is 31.8 Å². The Labute approximate surface area is 140 Å². The Morgan fingerprint density at radius 1 is 1.12 bits per heavy atom. The van der Waals surface area contributed by atoms with Crippen molar-refractivity contribution >= 4 is 11.3 Å². The lowest BCUT2D eigenvalue weighted by molar-refractivity contribution is 0.167. The van der Waals surface area contributed by atoms with Gasteiger partial charge in [0.1, 0.15) is 18.2 Å². The van der Waals surface area contributed by atoms with Gasteiger partial charge in [-0.25, -0.2) is 0 Å². The van der Waals surface area contributed by atoms with Crippen LogP contribution in [0.5, 0.6) is 5.75 Å². The van der Waals surface area contributed by atoms with Crippen molar-refractivity contribution in [2.24, 2.45) is 0 Å². The Bertz CT molecular complexity index is 878. The summed E-state index contributed by atoms with van der Waals surface area (Å²) in [5.41, 5.74) is 4.35. The predicted molar refractivity (Wildman–Crippen MR) is 90.6 cm³/mol. The van der Waals surface area contributed by atoms with Crippen LogP contribution in [0.1, 0.15) is 30.0 Å². The van der Waals surface area contributed by atoms with E-state index in [0.29, 0.717) is 5.92 Å². The molecule has 122 valence electrons. The van der Waals surface area contributed by atoms with E-state index in [1.54, 1.807) is 10.8 Å². The summed E-state index contributed by atoms with van der Waals surface area (Å²) in [6.45, 7) is 3.81. The smallest absolute Gasteiger partial charge is 0.200 e. The highest BCUT2D eigenvalue weighted by molar-refractivity contribution is 5.70. The van der Waals surface area contributed by atoms with Crippen LogP contribution in [0.15, 0.2) is 36.7 Å². The van der Waals surface area contributed by atoms with Crippen LogP contribution in [0.2, 0.25) is 0 Å². The second-order valence-electron chi connectivity index (χ2n) is 6.79. The Kier molecular flexibility index (Phi) is 2.98. The quantitative estimate of drug-likeness (QED) is 0.739. The van der Waals surface area contributed by atoms with Gasteiger partial charge >= 0.3 is 0 Å². The molecule has 1 aromatic carbocycles. The van der Waals surface area contributed by atoms with E-state index < -0.39 is 0 Å². The lowest BCUT2D eigenvalue weighted by Crippen LogP contribution is -2.54. The number of nitrogens with zero attached hydrogens (tertiary/aromatic N) is 5. The summed E-state index contributed by atoms with van der Waals surface area (Å²) in [5.74, 6) is 1.54. The second kappa shape index (κ2) is 5.19. The molecule has 1 aliphatic heterocycles. The first-order chi connectivity index (χ1) is 11.8. The van der Waals surface area contributed by atoms with Gasteiger partial charge in [0.25, 0.3) is 0 Å². The highest BCUT2D eigenvalue weighted by atomic mass is 16.5. The number of anilines is 1. The van der Waals surface area contributed by atoms with Crippen molar-refractivity contribution in [1.82, 2.24) is 19.8 Å². The summed E-state index contributed by atoms with van der Waals surface area (Å²) in [7, 11) is 0. The summed E-state index contributed by atoms with van der Waals surface area (Å²) in [5, 5.41) is 12.9. The monoisotopic (exact) mass is 321 g/mol. The Balaban J connectivity index is 1.34. The standard InChI is InChI=1S/C18H19N5O/c1-12-2-6-14(7-3-12)24-15-9-22(10-15)17-8-16(13-4-5-13)21-23-11-19-20-18(17)23/h2-3,6-8,11,13,15H,4-5,9-10H2,1H3. The molecule has 0 radical (unpaired) electrons. The Morgan fingerprint density at radius 3 is 2.67 bits per heavy atom. The van der Waals surface area contributed by atoms with Crippen molar-refractivity contribution in [3.63, 3.8) is 0 Å². The highest BCUT2D eigenvalue weighted by Crippen LogP contribution is 2.40. The molecule has 3 heterocycles. The molecule has 0 spiro atoms. The van der Waals surface area contributed by atoms with Crippen molar-refractivity contribution in [3.8, 4) is 5.75 Å². The predicted octanol–water partition coefficient (Wildman–Crippen LogP) is 2.58. The molecule has 6 heteroatoms. The van der Waals surface area contributed by atoms with Gasteiger partial charge in [-0.2, -0.15) is 9.61 Å². The van der Waals surface area contributed by atoms with Crippen molar-refractivity contribution in [1.29, 1.82) is 0 Å². The van der Waals surface area contributed by atoms with E-state index in [1.165, 1.54) is 18.4 Å². The van der Waals surface area contributed by atoms with Gasteiger partial charge in [-0.1, -0.05) is 17.7 Å². The van der Waals surface area contributed by atoms with Crippen LogP contribution >= 0.6 is 0 Å². The minimum atomic E-state index is 0.216. The summed E-state index contributed by atoms with van der Waals surface area (Å²) in [6, 6.07) is 10.4. The molecule has 2 fully saturated rings. The summed E-state index contributed by atoms with van der Waals surface area (Å²) in [4.78, 5) is 2.30. The van der Waals surface area contributed by atoms with E-state index in [0.717, 1.165) is 35.9 Å². The van der Waals surface area contributed by atoms with Crippen LogP contribution < -0.4 is 9.64 Å². The molecule has 6 nitrogen and oxygen atoms in total. The lowest BCUT2D eigenvalue weighted by atomic mass is 10.1. The largest absolute Gasteiger partial charge is 0.487 e. The van der Waals surface area contributed by atoms with E-state index in [1.807, 2.05) is 12.1 Å². The van der Waals surface area contributed by atoms with Crippen LogP contribution in [0, 0.1) is 6.92 Å². The molecule has 0 amide bonds. The van der Waals surface area contributed by atoms with Gasteiger partial charge in [-0.05, 0) is 38.0 Å². The van der Waals surface area contributed by atoms with E-state index in [-0.39, 0.29) is 6.10 Å². The number of aromatic nitrogens is 4. The third-order valence-electron chi connectivity index (χ3n) is 4.78. The minimum Gasteiger partial charge on any atom is -0.487 e. The molecule has 1 aliphatic carbocycles. The Hall–Kier alpha value is -2.63. The molecule has 2 aromatic heterocycles. The zero-order chi connectivity index (χ0) is 16.1. The van der Waals surface area contributed by atoms with Gasteiger partial charge in [0.05, 0.1) is 24.5 Å². The van der Waals surface area contributed by atoms with Crippen LogP contribution in [0.3, 0.4) is 0 Å². The van der Waals surface area contributed by atoms with Crippen LogP contribution in [0.25, 0.3) is 5.65 Å². The van der Waals surface area contributed by atoms with Gasteiger partial charge in [-0.3, -0.25) is 0 Å². The topological polar surface area (TPSA) is 55.5 Å². The number of benzene rings is 1. The average molecular weight is 321 g/mol. The van der Waals surface area contributed by atoms with Gasteiger partial charge in [-0.15, -0.1) is 10.2 Å². The molecule has 5 rings (SSSR count). The van der Waals surface area contributed by atoms with Gasteiger partial charge in [0.15, 0.2) is 0 Å². The van der Waals surface area contributed by atoms with E-state index in [2.05, 4.69) is 45.3 Å². The van der Waals surface area contributed by atoms with E-state index >= 15 is 0 Å². The summed E-state index contributed by atoms with van der Waals surface area (Å²) in [6.07, 6.45) is 4.37. The first kappa shape index (κ1) is 13.8. The maximum absolute atomic E-state index is 6.04. The maximum atomic E-state index is 6.04. The summed E-state index contributed by atoms with van der Waals surface area (Å²) < 4.78 is 7.84. The zero-order valence-corrected chi connectivity index (χ0v) is 13.6. The molecule has 0 bridgehead atoms. The van der Waals surface area contributed by atoms with E-state index in [9.17, 15) is 0 Å². The Morgan fingerprint density at radius 2 is 1.92 bits per heavy atom. The molecule has 3 aromatic rings. The number of hydrogen-bond acceptors (Lipinski definition) is 5. The maximum Gasteiger partial charge on any atom is 0.200 e. The van der Waals surface area contributed by atoms with Crippen molar-refractivity contribution in [2.75, 3.05) is 18.0 Å². The second-order valence-corrected chi connectivity index (χ2v) is 6.79. The molecule has 0 atom stereocenters. The highest BCUT2D eigenvalue weighted by Gasteiger charge is 2.33. The third kappa shape index (κ3) is 2.38. The first-order valence-electron chi connectivity index (χ1n) is 8.45. The zero-order valence-electron chi connectivity index (χ0n) is 13.6. The van der Waals surface area contributed by atoms with Crippen molar-refractivity contribution in [3.05, 3.63) is 47.9 Å². The number of ether oxygens (including phenoxy) is 1. The fraction of sp³-hybridized carbons (Fsp3) is 0.389. The van der Waals surface area contributed by atoms with Gasteiger partial charge in [0.2, 0.25) is 5.65 Å². The normalized spacial score (nSPS) is 18.0. The molecule has 1 saturated heterocycles. The molecule has 1 saturated carbocycles. The molecular weight excluding hydrogens is 302 g/mol. The molecule has 2 aliphatic rings. The fourth-order valence-corrected chi connectivity index (χ4v) is 3.16. The van der Waals surface area contributed by atoms with Crippen LogP contribution in [0.4, 0.5) is 5.69 Å². The number of aryl methyl sites for hydroxylation is 1. The third-order valence-corrected chi connectivity index (χ3v) is 4.78. The summed E-state index contributed by atoms with van der Waals surface area (Å²) >= 11 is 0. The fourth-order valence-electron chi connectivity index (χ4n) is 3.16. The number of fused-ring (bicyclic) bond motifs is 1. The van der Waals surface area contributed by atoms with Crippen LogP contribution in [-0.2, 0) is 0 Å².